The van der Waals surface area contributed by atoms with Crippen molar-refractivity contribution >= 4 is 17.8 Å². The van der Waals surface area contributed by atoms with Crippen LogP contribution in [0.3, 0.4) is 0 Å². The third kappa shape index (κ3) is 8.90. The van der Waals surface area contributed by atoms with E-state index in [1.165, 1.54) is 12.1 Å². The Morgan fingerprint density at radius 1 is 0.806 bits per heavy atom. The quantitative estimate of drug-likeness (QED) is 0.226. The van der Waals surface area contributed by atoms with Crippen LogP contribution in [0.1, 0.15) is 69.7 Å². The predicted octanol–water partition coefficient (Wildman–Crippen LogP) is 5.52. The van der Waals surface area contributed by atoms with Crippen molar-refractivity contribution in [2.75, 3.05) is 7.11 Å². The molecule has 0 spiro atoms. The normalized spacial score (nSPS) is 11.2. The number of carbonyl (C=O) groups is 2. The number of amides is 1. The van der Waals surface area contributed by atoms with Gasteiger partial charge in [0.25, 0.3) is 5.91 Å². The van der Waals surface area contributed by atoms with E-state index in [1.54, 1.807) is 0 Å². The summed E-state index contributed by atoms with van der Waals surface area (Å²) in [4.78, 5) is 26.4. The lowest BCUT2D eigenvalue weighted by Crippen LogP contribution is -2.24. The zero-order chi connectivity index (χ0) is 27.7. The number of guanidine groups is 1. The van der Waals surface area contributed by atoms with Gasteiger partial charge in [0.15, 0.2) is 5.96 Å². The maximum atomic E-state index is 12.6. The molecule has 0 radical (unpaired) electrons. The molecule has 0 saturated heterocycles. The number of alkyl halides is 6. The zero-order valence-corrected chi connectivity index (χ0v) is 19.9. The third-order valence-corrected chi connectivity index (χ3v) is 4.78. The summed E-state index contributed by atoms with van der Waals surface area (Å²) in [5.41, 5.74) is 9.33. The minimum absolute atomic E-state index is 0.0100. The summed E-state index contributed by atoms with van der Waals surface area (Å²) in [6.45, 7) is 3.74. The van der Waals surface area contributed by atoms with Gasteiger partial charge in [-0.1, -0.05) is 38.8 Å². The minimum atomic E-state index is -4.52. The highest BCUT2D eigenvalue weighted by atomic mass is 19.4. The number of hydrogen-bond donors (Lipinski definition) is 2. The second kappa shape index (κ2) is 12.9. The summed E-state index contributed by atoms with van der Waals surface area (Å²) in [7, 11) is 1.15. The van der Waals surface area contributed by atoms with E-state index >= 15 is 0 Å². The van der Waals surface area contributed by atoms with Crippen molar-refractivity contribution < 1.29 is 40.7 Å². The van der Waals surface area contributed by atoms with Crippen LogP contribution >= 0.6 is 0 Å². The van der Waals surface area contributed by atoms with Crippen LogP contribution in [-0.2, 0) is 29.9 Å². The Kier molecular flexibility index (Phi) is 10.9. The summed E-state index contributed by atoms with van der Waals surface area (Å²) in [6, 6.07) is 6.16. The molecule has 6 nitrogen and oxygen atoms in total. The highest BCUT2D eigenvalue weighted by Gasteiger charge is 2.32. The predicted molar refractivity (Wildman–Crippen MR) is 122 cm³/mol. The van der Waals surface area contributed by atoms with Crippen molar-refractivity contribution in [2.45, 2.75) is 51.9 Å². The highest BCUT2D eigenvalue weighted by Crippen LogP contribution is 2.32. The average Bonchev–Trinajstić information content (AvgIpc) is 2.78. The Labute approximate surface area is 204 Å². The van der Waals surface area contributed by atoms with E-state index in [0.29, 0.717) is 30.4 Å². The fraction of sp³-hybridized carbons (Fsp3) is 0.375. The molecule has 0 bridgehead atoms. The molecule has 36 heavy (non-hydrogen) atoms. The number of esters is 1. The van der Waals surface area contributed by atoms with Crippen LogP contribution in [0.25, 0.3) is 0 Å². The van der Waals surface area contributed by atoms with Crippen molar-refractivity contribution in [1.29, 1.82) is 0 Å². The van der Waals surface area contributed by atoms with E-state index in [0.717, 1.165) is 37.8 Å². The Bertz CT molecular complexity index is 1090. The number of halogens is 6. The largest absolute Gasteiger partial charge is 0.465 e. The highest BCUT2D eigenvalue weighted by molar-refractivity contribution is 6.03. The average molecular weight is 519 g/mol. The number of nitrogens with two attached hydrogens (primary N) is 2. The number of aryl methyl sites for hydroxylation is 2. The van der Waals surface area contributed by atoms with Crippen molar-refractivity contribution in [3.05, 3.63) is 69.8 Å². The number of carbonyl (C=O) groups excluding carboxylic acids is 2. The Morgan fingerprint density at radius 3 is 1.58 bits per heavy atom. The van der Waals surface area contributed by atoms with Crippen LogP contribution in [0.15, 0.2) is 41.4 Å². The Hall–Kier alpha value is -3.57. The van der Waals surface area contributed by atoms with Gasteiger partial charge in [-0.2, -0.15) is 31.3 Å². The Balaban J connectivity index is 0.000000362. The van der Waals surface area contributed by atoms with Crippen LogP contribution in [0.2, 0.25) is 0 Å². The van der Waals surface area contributed by atoms with Gasteiger partial charge in [0, 0.05) is 5.56 Å². The van der Waals surface area contributed by atoms with Crippen LogP contribution < -0.4 is 11.5 Å². The van der Waals surface area contributed by atoms with E-state index in [1.807, 2.05) is 13.8 Å². The van der Waals surface area contributed by atoms with Gasteiger partial charge >= 0.3 is 18.3 Å². The monoisotopic (exact) mass is 519 g/mol. The molecule has 4 N–H and O–H groups in total. The molecule has 0 fully saturated rings. The van der Waals surface area contributed by atoms with Crippen molar-refractivity contribution in [2.24, 2.45) is 16.5 Å². The Morgan fingerprint density at radius 2 is 1.22 bits per heavy atom. The molecule has 12 heteroatoms. The standard InChI is InChI=1S/C12H14F3N3O.C12H13F3O2/c1-2-3-7-4-5-8(12(13,14)15)6-9(7)10(19)18-11(16)17;1-3-4-8-5-6-9(12(13,14)15)7-10(8)11(16)17-2/h4-6H,2-3H2,1H3,(H4,16,17,18,19);5-7H,3-4H2,1-2H3. The van der Waals surface area contributed by atoms with E-state index in [9.17, 15) is 35.9 Å². The molecular weight excluding hydrogens is 492 g/mol. The second-order valence-electron chi connectivity index (χ2n) is 7.57. The van der Waals surface area contributed by atoms with E-state index in [-0.39, 0.29) is 11.1 Å². The van der Waals surface area contributed by atoms with Gasteiger partial charge in [0.1, 0.15) is 0 Å². The van der Waals surface area contributed by atoms with Crippen LogP contribution in [0.4, 0.5) is 26.3 Å². The van der Waals surface area contributed by atoms with Gasteiger partial charge in [-0.15, -0.1) is 0 Å². The number of nitrogens with zero attached hydrogens (tertiary/aromatic N) is 1. The van der Waals surface area contributed by atoms with Gasteiger partial charge in [0.05, 0.1) is 23.8 Å². The molecule has 1 amide bonds. The number of methoxy groups -OCH3 is 1. The first-order valence-electron chi connectivity index (χ1n) is 10.8. The van der Waals surface area contributed by atoms with Crippen molar-refractivity contribution in [3.63, 3.8) is 0 Å². The number of hydrogen-bond acceptors (Lipinski definition) is 3. The molecular formula is C24H27F6N3O3. The number of benzene rings is 2. The first-order valence-corrected chi connectivity index (χ1v) is 10.8. The summed E-state index contributed by atoms with van der Waals surface area (Å²) in [5, 5.41) is 0. The molecule has 0 aliphatic heterocycles. The number of ether oxygens (including phenoxy) is 1. The lowest BCUT2D eigenvalue weighted by molar-refractivity contribution is -0.138. The molecule has 2 rings (SSSR count). The molecule has 0 aromatic heterocycles. The molecule has 198 valence electrons. The van der Waals surface area contributed by atoms with Gasteiger partial charge in [-0.25, -0.2) is 4.79 Å². The fourth-order valence-corrected chi connectivity index (χ4v) is 3.16. The molecule has 0 aliphatic carbocycles. The molecule has 2 aromatic rings. The SMILES string of the molecule is CCCc1ccc(C(F)(F)F)cc1C(=O)N=C(N)N.CCCc1ccc(C(F)(F)F)cc1C(=O)OC. The first-order chi connectivity index (χ1) is 16.6. The molecule has 0 aliphatic rings. The molecule has 0 unspecified atom stereocenters. The summed E-state index contributed by atoms with van der Waals surface area (Å²) < 4.78 is 79.8. The fourth-order valence-electron chi connectivity index (χ4n) is 3.16. The minimum Gasteiger partial charge on any atom is -0.465 e. The van der Waals surface area contributed by atoms with Gasteiger partial charge < -0.3 is 16.2 Å². The van der Waals surface area contributed by atoms with Gasteiger partial charge in [-0.3, -0.25) is 4.79 Å². The maximum Gasteiger partial charge on any atom is 0.416 e. The van der Waals surface area contributed by atoms with Gasteiger partial charge in [0.2, 0.25) is 0 Å². The molecule has 0 saturated carbocycles. The van der Waals surface area contributed by atoms with Crippen LogP contribution in [0, 0.1) is 0 Å². The maximum absolute atomic E-state index is 12.6. The third-order valence-electron chi connectivity index (χ3n) is 4.78. The molecule has 2 aromatic carbocycles. The summed E-state index contributed by atoms with van der Waals surface area (Å²) in [6.07, 6.45) is -6.52. The first kappa shape index (κ1) is 30.5. The number of rotatable bonds is 6. The topological polar surface area (TPSA) is 108 Å². The zero-order valence-electron chi connectivity index (χ0n) is 19.9. The molecule has 0 heterocycles. The van der Waals surface area contributed by atoms with Crippen molar-refractivity contribution in [3.8, 4) is 0 Å². The smallest absolute Gasteiger partial charge is 0.416 e. The summed E-state index contributed by atoms with van der Waals surface area (Å²) in [5.74, 6) is -2.08. The van der Waals surface area contributed by atoms with E-state index in [2.05, 4.69) is 9.73 Å². The lowest BCUT2D eigenvalue weighted by Gasteiger charge is -2.11. The second-order valence-corrected chi connectivity index (χ2v) is 7.57. The number of aliphatic imine (C=N–C) groups is 1. The van der Waals surface area contributed by atoms with Crippen LogP contribution in [-0.4, -0.2) is 24.9 Å². The van der Waals surface area contributed by atoms with Crippen LogP contribution in [0.5, 0.6) is 0 Å². The van der Waals surface area contributed by atoms with Crippen molar-refractivity contribution in [1.82, 2.24) is 0 Å². The van der Waals surface area contributed by atoms with E-state index < -0.39 is 41.3 Å². The summed E-state index contributed by atoms with van der Waals surface area (Å²) >= 11 is 0. The molecule has 0 atom stereocenters. The van der Waals surface area contributed by atoms with E-state index in [4.69, 9.17) is 11.5 Å². The van der Waals surface area contributed by atoms with Gasteiger partial charge in [-0.05, 0) is 48.2 Å². The lowest BCUT2D eigenvalue weighted by atomic mass is 9.99.